The number of hydrogen-bond donors (Lipinski definition) is 0. The molecule has 0 saturated heterocycles. The van der Waals surface area contributed by atoms with E-state index in [1.807, 2.05) is 24.4 Å². The fourth-order valence-corrected chi connectivity index (χ4v) is 2.42. The number of nitrogens with zero attached hydrogens (tertiary/aromatic N) is 1. The molecule has 3 rings (SSSR count). The second kappa shape index (κ2) is 5.81. The Morgan fingerprint density at radius 2 is 1.84 bits per heavy atom. The zero-order valence-electron chi connectivity index (χ0n) is 10.8. The summed E-state index contributed by atoms with van der Waals surface area (Å²) in [6.07, 6.45) is 3.03. The number of aliphatic imine (C=N–C) groups is 1. The quantitative estimate of drug-likeness (QED) is 0.766. The summed E-state index contributed by atoms with van der Waals surface area (Å²) in [7, 11) is 0. The van der Waals surface area contributed by atoms with E-state index in [0.29, 0.717) is 6.54 Å². The number of rotatable bonds is 3. The molecular weight excluding hydrogens is 234 g/mol. The van der Waals surface area contributed by atoms with Crippen molar-refractivity contribution in [1.29, 1.82) is 0 Å². The highest BCUT2D eigenvalue weighted by Gasteiger charge is 2.19. The lowest BCUT2D eigenvalue weighted by molar-refractivity contribution is 0.0489. The van der Waals surface area contributed by atoms with Crippen LogP contribution in [0.3, 0.4) is 0 Å². The van der Waals surface area contributed by atoms with Crippen LogP contribution in [0.5, 0.6) is 0 Å². The molecule has 0 saturated carbocycles. The van der Waals surface area contributed by atoms with Crippen molar-refractivity contribution >= 4 is 6.21 Å². The number of ether oxygens (including phenoxy) is 1. The monoisotopic (exact) mass is 251 g/mol. The van der Waals surface area contributed by atoms with Gasteiger partial charge in [-0.05, 0) is 23.1 Å². The Morgan fingerprint density at radius 3 is 2.74 bits per heavy atom. The highest BCUT2D eigenvalue weighted by molar-refractivity contribution is 5.79. The van der Waals surface area contributed by atoms with Crippen molar-refractivity contribution < 1.29 is 4.74 Å². The van der Waals surface area contributed by atoms with Crippen molar-refractivity contribution in [3.05, 3.63) is 71.3 Å². The average molecular weight is 251 g/mol. The summed E-state index contributed by atoms with van der Waals surface area (Å²) in [5.41, 5.74) is 3.82. The summed E-state index contributed by atoms with van der Waals surface area (Å²) in [5, 5.41) is 0. The van der Waals surface area contributed by atoms with E-state index in [1.165, 1.54) is 11.1 Å². The van der Waals surface area contributed by atoms with Gasteiger partial charge in [0.05, 0.1) is 13.2 Å². The standard InChI is InChI=1S/C17H17NO/c1-2-6-14(7-3-1)12-18-13-17-16-9-5-4-8-15(16)10-11-19-17/h1-9,12,17H,10-11,13H2/t17-/m1/s1. The fourth-order valence-electron chi connectivity index (χ4n) is 2.42. The molecule has 0 fully saturated rings. The number of hydrogen-bond acceptors (Lipinski definition) is 2. The van der Waals surface area contributed by atoms with Crippen LogP contribution in [0, 0.1) is 0 Å². The summed E-state index contributed by atoms with van der Waals surface area (Å²) in [6.45, 7) is 1.48. The third kappa shape index (κ3) is 2.91. The van der Waals surface area contributed by atoms with Gasteiger partial charge in [0, 0.05) is 6.21 Å². The van der Waals surface area contributed by atoms with Gasteiger partial charge in [-0.1, -0.05) is 54.6 Å². The molecule has 0 aliphatic carbocycles. The second-order valence-corrected chi connectivity index (χ2v) is 4.71. The van der Waals surface area contributed by atoms with Crippen LogP contribution in [-0.2, 0) is 11.2 Å². The van der Waals surface area contributed by atoms with Crippen molar-refractivity contribution in [3.8, 4) is 0 Å². The Balaban J connectivity index is 1.70. The van der Waals surface area contributed by atoms with E-state index < -0.39 is 0 Å². The second-order valence-electron chi connectivity index (χ2n) is 4.71. The molecule has 1 aliphatic rings. The minimum Gasteiger partial charge on any atom is -0.371 e. The summed E-state index contributed by atoms with van der Waals surface area (Å²) in [6, 6.07) is 18.7. The van der Waals surface area contributed by atoms with Crippen molar-refractivity contribution in [2.45, 2.75) is 12.5 Å². The highest BCUT2D eigenvalue weighted by Crippen LogP contribution is 2.26. The summed E-state index contributed by atoms with van der Waals surface area (Å²) in [4.78, 5) is 4.51. The van der Waals surface area contributed by atoms with Crippen LogP contribution in [0.2, 0.25) is 0 Å². The maximum absolute atomic E-state index is 5.83. The van der Waals surface area contributed by atoms with Gasteiger partial charge in [-0.25, -0.2) is 0 Å². The van der Waals surface area contributed by atoms with E-state index in [0.717, 1.165) is 18.6 Å². The van der Waals surface area contributed by atoms with E-state index in [9.17, 15) is 0 Å². The van der Waals surface area contributed by atoms with Gasteiger partial charge in [-0.3, -0.25) is 4.99 Å². The van der Waals surface area contributed by atoms with Gasteiger partial charge in [-0.2, -0.15) is 0 Å². The van der Waals surface area contributed by atoms with Crippen LogP contribution < -0.4 is 0 Å². The highest BCUT2D eigenvalue weighted by atomic mass is 16.5. The molecular formula is C17H17NO. The zero-order chi connectivity index (χ0) is 12.9. The Kier molecular flexibility index (Phi) is 3.70. The van der Waals surface area contributed by atoms with Crippen molar-refractivity contribution in [3.63, 3.8) is 0 Å². The van der Waals surface area contributed by atoms with E-state index in [4.69, 9.17) is 4.74 Å². The molecule has 1 atom stereocenters. The smallest absolute Gasteiger partial charge is 0.102 e. The van der Waals surface area contributed by atoms with Gasteiger partial charge >= 0.3 is 0 Å². The minimum atomic E-state index is 0.102. The van der Waals surface area contributed by atoms with Crippen molar-refractivity contribution in [1.82, 2.24) is 0 Å². The summed E-state index contributed by atoms with van der Waals surface area (Å²) < 4.78 is 5.83. The Bertz CT molecular complexity index is 562. The van der Waals surface area contributed by atoms with E-state index in [2.05, 4.69) is 41.4 Å². The Morgan fingerprint density at radius 1 is 1.05 bits per heavy atom. The predicted octanol–water partition coefficient (Wildman–Crippen LogP) is 3.42. The first-order valence-corrected chi connectivity index (χ1v) is 6.68. The predicted molar refractivity (Wildman–Crippen MR) is 77.7 cm³/mol. The SMILES string of the molecule is C(=NC[C@H]1OCCc2ccccc21)c1ccccc1. The lowest BCUT2D eigenvalue weighted by atomic mass is 9.98. The zero-order valence-corrected chi connectivity index (χ0v) is 10.8. The van der Waals surface area contributed by atoms with Crippen LogP contribution >= 0.6 is 0 Å². The first kappa shape index (κ1) is 12.1. The molecule has 0 spiro atoms. The minimum absolute atomic E-state index is 0.102. The molecule has 0 aromatic heterocycles. The van der Waals surface area contributed by atoms with E-state index >= 15 is 0 Å². The maximum atomic E-state index is 5.83. The number of fused-ring (bicyclic) bond motifs is 1. The van der Waals surface area contributed by atoms with Crippen LogP contribution in [0.4, 0.5) is 0 Å². The topological polar surface area (TPSA) is 21.6 Å². The van der Waals surface area contributed by atoms with Crippen LogP contribution in [0.25, 0.3) is 0 Å². The molecule has 2 heteroatoms. The van der Waals surface area contributed by atoms with Gasteiger partial charge in [-0.15, -0.1) is 0 Å². The van der Waals surface area contributed by atoms with Crippen molar-refractivity contribution in [2.24, 2.45) is 4.99 Å². The fraction of sp³-hybridized carbons (Fsp3) is 0.235. The molecule has 0 unspecified atom stereocenters. The van der Waals surface area contributed by atoms with Gasteiger partial charge in [0.25, 0.3) is 0 Å². The molecule has 2 aromatic rings. The third-order valence-corrected chi connectivity index (χ3v) is 3.40. The molecule has 0 bridgehead atoms. The van der Waals surface area contributed by atoms with Gasteiger partial charge in [0.15, 0.2) is 0 Å². The van der Waals surface area contributed by atoms with Crippen LogP contribution in [0.15, 0.2) is 59.6 Å². The lowest BCUT2D eigenvalue weighted by Crippen LogP contribution is -2.18. The molecule has 1 heterocycles. The number of benzene rings is 2. The van der Waals surface area contributed by atoms with Crippen LogP contribution in [0.1, 0.15) is 22.8 Å². The molecule has 2 aromatic carbocycles. The summed E-state index contributed by atoms with van der Waals surface area (Å²) in [5.74, 6) is 0. The molecule has 0 N–H and O–H groups in total. The largest absolute Gasteiger partial charge is 0.371 e. The molecule has 0 radical (unpaired) electrons. The maximum Gasteiger partial charge on any atom is 0.102 e. The first-order valence-electron chi connectivity index (χ1n) is 6.68. The van der Waals surface area contributed by atoms with Gasteiger partial charge in [0.1, 0.15) is 6.10 Å². The average Bonchev–Trinajstić information content (AvgIpc) is 2.49. The van der Waals surface area contributed by atoms with E-state index in [-0.39, 0.29) is 6.10 Å². The molecule has 19 heavy (non-hydrogen) atoms. The first-order chi connectivity index (χ1) is 9.43. The normalized spacial score (nSPS) is 18.4. The van der Waals surface area contributed by atoms with Crippen LogP contribution in [-0.4, -0.2) is 19.4 Å². The van der Waals surface area contributed by atoms with Crippen molar-refractivity contribution in [2.75, 3.05) is 13.2 Å². The van der Waals surface area contributed by atoms with Gasteiger partial charge < -0.3 is 4.74 Å². The lowest BCUT2D eigenvalue weighted by Gasteiger charge is -2.24. The third-order valence-electron chi connectivity index (χ3n) is 3.40. The summed E-state index contributed by atoms with van der Waals surface area (Å²) >= 11 is 0. The Hall–Kier alpha value is -1.93. The van der Waals surface area contributed by atoms with Gasteiger partial charge in [0.2, 0.25) is 0 Å². The molecule has 96 valence electrons. The Labute approximate surface area is 113 Å². The molecule has 1 aliphatic heterocycles. The molecule has 0 amide bonds. The van der Waals surface area contributed by atoms with E-state index in [1.54, 1.807) is 0 Å². The molecule has 2 nitrogen and oxygen atoms in total.